The highest BCUT2D eigenvalue weighted by Crippen LogP contribution is 2.41. The molecule has 4 aromatic rings. The van der Waals surface area contributed by atoms with Gasteiger partial charge in [-0.15, -0.1) is 10.2 Å². The zero-order chi connectivity index (χ0) is 17.7. The van der Waals surface area contributed by atoms with E-state index < -0.39 is 0 Å². The second kappa shape index (κ2) is 5.73. The van der Waals surface area contributed by atoms with Crippen LogP contribution in [0, 0.1) is 0 Å². The molecule has 8 nitrogen and oxygen atoms in total. The fraction of sp³-hybridized carbons (Fsp3) is 0.176. The molecule has 3 aromatic heterocycles. The fourth-order valence-corrected chi connectivity index (χ4v) is 3.92. The monoisotopic (exact) mass is 366 g/mol. The van der Waals surface area contributed by atoms with Crippen molar-refractivity contribution in [3.8, 4) is 0 Å². The van der Waals surface area contributed by atoms with E-state index in [1.807, 2.05) is 29.8 Å². The van der Waals surface area contributed by atoms with E-state index >= 15 is 0 Å². The summed E-state index contributed by atoms with van der Waals surface area (Å²) in [6.45, 7) is 0. The molecular weight excluding hydrogens is 352 g/mol. The Morgan fingerprint density at radius 3 is 3.12 bits per heavy atom. The summed E-state index contributed by atoms with van der Waals surface area (Å²) in [6.07, 6.45) is 3.77. The first kappa shape index (κ1) is 15.2. The molecule has 1 amide bonds. The van der Waals surface area contributed by atoms with E-state index in [2.05, 4.69) is 31.8 Å². The second-order valence-corrected chi connectivity index (χ2v) is 7.16. The van der Waals surface area contributed by atoms with Crippen LogP contribution in [0.1, 0.15) is 23.7 Å². The number of aromatic amines is 1. The van der Waals surface area contributed by atoms with Crippen LogP contribution in [0.2, 0.25) is 0 Å². The molecule has 0 bridgehead atoms. The molecule has 2 N–H and O–H groups in total. The lowest BCUT2D eigenvalue weighted by atomic mass is 9.88. The summed E-state index contributed by atoms with van der Waals surface area (Å²) in [5.74, 6) is 0.598. The summed E-state index contributed by atoms with van der Waals surface area (Å²) in [5.41, 5.74) is 2.72. The Bertz CT molecular complexity index is 1130. The molecule has 0 saturated heterocycles. The van der Waals surface area contributed by atoms with Gasteiger partial charge in [0.2, 0.25) is 5.91 Å². The van der Waals surface area contributed by atoms with E-state index in [-0.39, 0.29) is 11.8 Å². The number of benzene rings is 1. The maximum Gasteiger partial charge on any atom is 0.225 e. The second-order valence-electron chi connectivity index (χ2n) is 6.18. The van der Waals surface area contributed by atoms with Gasteiger partial charge in [0, 0.05) is 24.5 Å². The van der Waals surface area contributed by atoms with Gasteiger partial charge in [-0.1, -0.05) is 0 Å². The summed E-state index contributed by atoms with van der Waals surface area (Å²) in [7, 11) is 1.88. The van der Waals surface area contributed by atoms with Gasteiger partial charge in [0.1, 0.15) is 12.1 Å². The predicted octanol–water partition coefficient (Wildman–Crippen LogP) is 2.91. The maximum atomic E-state index is 12.2. The molecule has 1 aliphatic rings. The van der Waals surface area contributed by atoms with Crippen LogP contribution >= 0.6 is 11.8 Å². The third kappa shape index (κ3) is 2.48. The van der Waals surface area contributed by atoms with Gasteiger partial charge in [-0.2, -0.15) is 5.10 Å². The molecule has 1 aliphatic heterocycles. The van der Waals surface area contributed by atoms with E-state index in [0.29, 0.717) is 11.5 Å². The molecule has 0 fully saturated rings. The normalized spacial score (nSPS) is 16.7. The minimum Gasteiger partial charge on any atom is -0.454 e. The summed E-state index contributed by atoms with van der Waals surface area (Å²) >= 11 is 1.40. The Kier molecular flexibility index (Phi) is 3.35. The van der Waals surface area contributed by atoms with Crippen molar-refractivity contribution in [1.82, 2.24) is 25.0 Å². The zero-order valence-electron chi connectivity index (χ0n) is 13.8. The first-order valence-corrected chi connectivity index (χ1v) is 8.87. The molecular formula is C17H14N6O2S. The number of nitrogens with one attached hydrogen (secondary N) is 2. The summed E-state index contributed by atoms with van der Waals surface area (Å²) < 4.78 is 7.85. The Labute approximate surface area is 152 Å². The van der Waals surface area contributed by atoms with E-state index in [1.54, 1.807) is 12.5 Å². The van der Waals surface area contributed by atoms with Gasteiger partial charge in [-0.3, -0.25) is 9.89 Å². The van der Waals surface area contributed by atoms with Crippen LogP contribution in [0.15, 0.2) is 51.5 Å². The number of nitrogens with zero attached hydrogens (tertiary/aromatic N) is 4. The highest BCUT2D eigenvalue weighted by atomic mass is 32.2. The standard InChI is InChI=1S/C17H14N6O2S/c1-23-8-19-22-17(23)26-16-3-2-14(25-16)11-5-15(24)20-13-6-12-9(4-10(11)13)7-18-21-12/h2-4,6-8,11H,5H2,1H3,(H,18,21)(H,20,24)/t11-/m1/s1. The molecule has 0 spiro atoms. The van der Waals surface area contributed by atoms with E-state index in [9.17, 15) is 4.79 Å². The Hall–Kier alpha value is -3.07. The fourth-order valence-electron chi connectivity index (χ4n) is 3.19. The lowest BCUT2D eigenvalue weighted by molar-refractivity contribution is -0.116. The van der Waals surface area contributed by atoms with Crippen molar-refractivity contribution in [2.45, 2.75) is 22.6 Å². The highest BCUT2D eigenvalue weighted by Gasteiger charge is 2.29. The number of fused-ring (bicyclic) bond motifs is 2. The zero-order valence-corrected chi connectivity index (χ0v) is 14.6. The summed E-state index contributed by atoms with van der Waals surface area (Å²) in [6, 6.07) is 7.79. The molecule has 1 atom stereocenters. The number of H-pyrrole nitrogens is 1. The molecule has 130 valence electrons. The number of aryl methyl sites for hydroxylation is 1. The number of hydrogen-bond donors (Lipinski definition) is 2. The van der Waals surface area contributed by atoms with Crippen LogP contribution < -0.4 is 5.32 Å². The first-order valence-electron chi connectivity index (χ1n) is 8.06. The van der Waals surface area contributed by atoms with Crippen molar-refractivity contribution in [3.63, 3.8) is 0 Å². The van der Waals surface area contributed by atoms with E-state index in [0.717, 1.165) is 33.1 Å². The van der Waals surface area contributed by atoms with Crippen molar-refractivity contribution in [1.29, 1.82) is 0 Å². The first-order chi connectivity index (χ1) is 12.7. The predicted molar refractivity (Wildman–Crippen MR) is 95.0 cm³/mol. The molecule has 0 radical (unpaired) electrons. The number of aromatic nitrogens is 5. The molecule has 5 rings (SSSR count). The van der Waals surface area contributed by atoms with Crippen LogP contribution in [0.25, 0.3) is 10.9 Å². The van der Waals surface area contributed by atoms with Crippen LogP contribution in [0.3, 0.4) is 0 Å². The van der Waals surface area contributed by atoms with Crippen LogP contribution in [0.4, 0.5) is 5.69 Å². The van der Waals surface area contributed by atoms with Gasteiger partial charge in [0.15, 0.2) is 10.2 Å². The maximum absolute atomic E-state index is 12.2. The molecule has 4 heterocycles. The average Bonchev–Trinajstić information content (AvgIpc) is 3.34. The molecule has 0 aliphatic carbocycles. The number of hydrogen-bond acceptors (Lipinski definition) is 6. The van der Waals surface area contributed by atoms with Gasteiger partial charge in [-0.05, 0) is 41.6 Å². The van der Waals surface area contributed by atoms with Crippen LogP contribution in [0.5, 0.6) is 0 Å². The van der Waals surface area contributed by atoms with Gasteiger partial charge < -0.3 is 14.3 Å². The number of amides is 1. The third-order valence-corrected chi connectivity index (χ3v) is 5.43. The average molecular weight is 366 g/mol. The number of carbonyl (C=O) groups excluding carboxylic acids is 1. The number of furan rings is 1. The third-order valence-electron chi connectivity index (χ3n) is 4.46. The van der Waals surface area contributed by atoms with Gasteiger partial charge in [0.05, 0.1) is 17.6 Å². The van der Waals surface area contributed by atoms with E-state index in [1.165, 1.54) is 11.8 Å². The van der Waals surface area contributed by atoms with Crippen LogP contribution in [-0.2, 0) is 11.8 Å². The van der Waals surface area contributed by atoms with Crippen molar-refractivity contribution in [2.75, 3.05) is 5.32 Å². The quantitative estimate of drug-likeness (QED) is 0.578. The molecule has 0 unspecified atom stereocenters. The van der Waals surface area contributed by atoms with Gasteiger partial charge in [0.25, 0.3) is 0 Å². The van der Waals surface area contributed by atoms with Crippen molar-refractivity contribution in [3.05, 3.63) is 48.1 Å². The molecule has 1 aromatic carbocycles. The van der Waals surface area contributed by atoms with E-state index in [4.69, 9.17) is 4.42 Å². The number of anilines is 1. The Balaban J connectivity index is 1.52. The summed E-state index contributed by atoms with van der Waals surface area (Å²) in [5, 5.41) is 20.3. The van der Waals surface area contributed by atoms with Crippen LogP contribution in [-0.4, -0.2) is 30.9 Å². The largest absolute Gasteiger partial charge is 0.454 e. The van der Waals surface area contributed by atoms with Crippen molar-refractivity contribution in [2.24, 2.45) is 7.05 Å². The number of rotatable bonds is 3. The lowest BCUT2D eigenvalue weighted by Crippen LogP contribution is -2.23. The highest BCUT2D eigenvalue weighted by molar-refractivity contribution is 7.99. The topological polar surface area (TPSA) is 102 Å². The lowest BCUT2D eigenvalue weighted by Gasteiger charge is -2.24. The minimum absolute atomic E-state index is 0.0275. The SMILES string of the molecule is Cn1cnnc1Sc1ccc([C@@H]2CC(=O)Nc3cc4[nH]ncc4cc32)o1. The summed E-state index contributed by atoms with van der Waals surface area (Å²) in [4.78, 5) is 12.2. The van der Waals surface area contributed by atoms with Crippen molar-refractivity contribution >= 4 is 34.3 Å². The van der Waals surface area contributed by atoms with Crippen molar-refractivity contribution < 1.29 is 9.21 Å². The minimum atomic E-state index is -0.133. The molecule has 9 heteroatoms. The van der Waals surface area contributed by atoms with Gasteiger partial charge in [-0.25, -0.2) is 0 Å². The number of carbonyl (C=O) groups is 1. The molecule has 0 saturated carbocycles. The smallest absolute Gasteiger partial charge is 0.225 e. The van der Waals surface area contributed by atoms with Gasteiger partial charge >= 0.3 is 0 Å². The Morgan fingerprint density at radius 2 is 2.27 bits per heavy atom. The molecule has 26 heavy (non-hydrogen) atoms. The Morgan fingerprint density at radius 1 is 1.35 bits per heavy atom.